The average Bonchev–Trinajstić information content (AvgIpc) is 2.63. The highest BCUT2D eigenvalue weighted by molar-refractivity contribution is 15.0. The molecular weight excluding hydrogens is 621 g/mol. The molecule has 0 aliphatic rings. The Bertz CT molecular complexity index is 833. The van der Waals surface area contributed by atoms with Crippen LogP contribution >= 0.6 is 48.8 Å². The molecule has 0 aliphatic heterocycles. The fourth-order valence-electron chi connectivity index (χ4n) is 1.87. The van der Waals surface area contributed by atoms with Crippen molar-refractivity contribution in [2.24, 2.45) is 0 Å². The van der Waals surface area contributed by atoms with Gasteiger partial charge in [0.25, 0.3) is 16.6 Å². The maximum Gasteiger partial charge on any atom is 0.335 e. The Balaban J connectivity index is 0.000000478. The summed E-state index contributed by atoms with van der Waals surface area (Å²) in [5.41, 5.74) is 0.768. The summed E-state index contributed by atoms with van der Waals surface area (Å²) in [6.07, 6.45) is 0. The number of carbonyl (C=O) groups is 2. The number of aryl methyl sites for hydroxylation is 2. The topological polar surface area (TPSA) is 141 Å². The molecule has 150 valence electrons. The summed E-state index contributed by atoms with van der Waals surface area (Å²) in [6.45, 7) is 3.16. The smallest absolute Gasteiger partial charge is 0.335 e. The number of carbonyl (C=O) groups excluding carboxylic acids is 1. The number of hydrogen-bond donors (Lipinski definition) is 1. The molecule has 28 heavy (non-hydrogen) atoms. The highest BCUT2D eigenvalue weighted by Crippen LogP contribution is 2.20. The van der Waals surface area contributed by atoms with Crippen molar-refractivity contribution in [1.29, 1.82) is 0 Å². The van der Waals surface area contributed by atoms with Crippen molar-refractivity contribution in [3.8, 4) is 0 Å². The fourth-order valence-corrected chi connectivity index (χ4v) is 1.99. The molecule has 0 unspecified atom stereocenters. The molecule has 0 aromatic heterocycles. The highest BCUT2D eigenvalue weighted by atomic mass is 128. The van der Waals surface area contributed by atoms with Crippen LogP contribution in [0.5, 0.6) is 0 Å². The largest absolute Gasteiger partial charge is 0.478 e. The zero-order chi connectivity index (χ0) is 22.0. The molecule has 0 spiro atoms. The van der Waals surface area contributed by atoms with E-state index in [1.165, 1.54) is 30.3 Å². The lowest BCUT2D eigenvalue weighted by Crippen LogP contribution is -1.99. The number of aromatic carboxylic acids is 1. The number of rotatable bonds is 4. The molecule has 2 aromatic rings. The van der Waals surface area contributed by atoms with E-state index in [1.807, 2.05) is 0 Å². The van der Waals surface area contributed by atoms with Crippen molar-refractivity contribution < 1.29 is 24.5 Å². The summed E-state index contributed by atoms with van der Waals surface area (Å²) in [4.78, 5) is 40.9. The first-order chi connectivity index (χ1) is 13.0. The van der Waals surface area contributed by atoms with Crippen LogP contribution in [-0.2, 0) is 0 Å². The van der Waals surface area contributed by atoms with Gasteiger partial charge in [0.05, 0.1) is 15.4 Å². The van der Waals surface area contributed by atoms with E-state index >= 15 is 0 Å². The van der Waals surface area contributed by atoms with Crippen LogP contribution in [-0.4, -0.2) is 26.2 Å². The van der Waals surface area contributed by atoms with Crippen molar-refractivity contribution in [3.05, 3.63) is 78.9 Å². The molecule has 0 radical (unpaired) electrons. The van der Waals surface area contributed by atoms with Crippen molar-refractivity contribution in [3.63, 3.8) is 0 Å². The van der Waals surface area contributed by atoms with Gasteiger partial charge in [-0.05, 0) is 37.6 Å². The first-order valence-corrected chi connectivity index (χ1v) is 13.8. The number of halogens is 3. The molecule has 2 aromatic carbocycles. The third-order valence-electron chi connectivity index (χ3n) is 3.29. The van der Waals surface area contributed by atoms with E-state index in [0.717, 1.165) is 6.07 Å². The number of nitro benzene ring substituents is 2. The Hall–Kier alpha value is -1.87. The van der Waals surface area contributed by atoms with Gasteiger partial charge in [0, 0.05) is 66.1 Å². The molecule has 0 aliphatic carbocycles. The minimum absolute atomic E-state index is 0.0719. The van der Waals surface area contributed by atoms with E-state index in [-0.39, 0.29) is 22.5 Å². The Kier molecular flexibility index (Phi) is 11.7. The molecule has 0 amide bonds. The molecule has 0 bridgehead atoms. The number of benzene rings is 2. The summed E-state index contributed by atoms with van der Waals surface area (Å²) < 4.78 is 0. The van der Waals surface area contributed by atoms with E-state index in [0.29, 0.717) is 11.1 Å². The zero-order valence-electron chi connectivity index (χ0n) is 14.4. The number of nitrogens with zero attached hydrogens (tertiary/aromatic N) is 2. The second-order valence-corrected chi connectivity index (χ2v) is 5.44. The van der Waals surface area contributed by atoms with E-state index in [9.17, 15) is 29.8 Å². The average molecular weight is 635 g/mol. The van der Waals surface area contributed by atoms with E-state index in [4.69, 9.17) is 16.7 Å². The Labute approximate surface area is 187 Å². The van der Waals surface area contributed by atoms with Gasteiger partial charge >= 0.3 is 5.97 Å². The highest BCUT2D eigenvalue weighted by Gasteiger charge is 2.14. The predicted molar refractivity (Wildman–Crippen MR) is 121 cm³/mol. The van der Waals surface area contributed by atoms with Gasteiger partial charge in [-0.15, -0.1) is 0 Å². The fraction of sp³-hybridized carbons (Fsp3) is 0.125. The number of hydrogen-bond acceptors (Lipinski definition) is 6. The number of nitro groups is 2. The van der Waals surface area contributed by atoms with Crippen LogP contribution in [0.1, 0.15) is 31.8 Å². The monoisotopic (exact) mass is 634 g/mol. The van der Waals surface area contributed by atoms with E-state index in [1.54, 1.807) is 13.8 Å². The SMILES string of the molecule is Cc1ccc(C(=O)Cl)cc1[N+](=O)[O-].Cc1ccc(C(=O)O)cc1[N+](=O)[O-].II. The number of carboxylic acid groups (broad SMARTS) is 1. The van der Waals surface area contributed by atoms with Crippen molar-refractivity contribution in [2.75, 3.05) is 0 Å². The van der Waals surface area contributed by atoms with Gasteiger partial charge in [0.2, 0.25) is 0 Å². The second kappa shape index (κ2) is 12.6. The molecule has 0 atom stereocenters. The third-order valence-corrected chi connectivity index (χ3v) is 3.50. The van der Waals surface area contributed by atoms with E-state index < -0.39 is 21.1 Å². The molecule has 0 saturated heterocycles. The molecular formula is C16H13ClI2N2O7. The molecule has 2 rings (SSSR count). The normalized spacial score (nSPS) is 9.18. The standard InChI is InChI=1S/C8H6ClNO3.C8H7NO4.I2/c1-5-2-3-6(8(9)11)4-7(5)10(12)13;1-5-2-3-6(8(10)11)4-7(5)9(12)13;1-2/h2-4H,1H3;2-4H,1H3,(H,10,11);. The summed E-state index contributed by atoms with van der Waals surface area (Å²) in [5, 5.41) is 28.7. The third kappa shape index (κ3) is 8.02. The van der Waals surface area contributed by atoms with Gasteiger partial charge in [-0.3, -0.25) is 25.0 Å². The molecule has 0 fully saturated rings. The lowest BCUT2D eigenvalue weighted by molar-refractivity contribution is -0.385. The van der Waals surface area contributed by atoms with Crippen molar-refractivity contribution in [1.82, 2.24) is 0 Å². The molecule has 9 nitrogen and oxygen atoms in total. The Morgan fingerprint density at radius 1 is 0.893 bits per heavy atom. The first kappa shape index (κ1) is 26.1. The molecule has 0 saturated carbocycles. The maximum atomic E-state index is 10.7. The van der Waals surface area contributed by atoms with Crippen LogP contribution in [0.3, 0.4) is 0 Å². The van der Waals surface area contributed by atoms with Crippen molar-refractivity contribution >= 4 is 71.4 Å². The van der Waals surface area contributed by atoms with Gasteiger partial charge < -0.3 is 5.11 Å². The van der Waals surface area contributed by atoms with Gasteiger partial charge in [-0.2, -0.15) is 0 Å². The van der Waals surface area contributed by atoms with Gasteiger partial charge in [-0.25, -0.2) is 4.79 Å². The zero-order valence-corrected chi connectivity index (χ0v) is 19.5. The second-order valence-electron chi connectivity index (χ2n) is 5.10. The molecule has 0 heterocycles. The lowest BCUT2D eigenvalue weighted by Gasteiger charge is -1.97. The summed E-state index contributed by atoms with van der Waals surface area (Å²) in [6, 6.07) is 7.93. The summed E-state index contributed by atoms with van der Waals surface area (Å²) in [7, 11) is 0. The van der Waals surface area contributed by atoms with Crippen LogP contribution in [0.2, 0.25) is 0 Å². The molecule has 1 N–H and O–H groups in total. The van der Waals surface area contributed by atoms with E-state index in [2.05, 4.69) is 37.2 Å². The van der Waals surface area contributed by atoms with Crippen molar-refractivity contribution in [2.45, 2.75) is 13.8 Å². The van der Waals surface area contributed by atoms with Crippen LogP contribution < -0.4 is 0 Å². The Morgan fingerprint density at radius 2 is 1.25 bits per heavy atom. The van der Waals surface area contributed by atoms with Gasteiger partial charge in [-0.1, -0.05) is 12.1 Å². The number of carboxylic acids is 1. The predicted octanol–water partition coefficient (Wildman–Crippen LogP) is 5.66. The first-order valence-electron chi connectivity index (χ1n) is 7.12. The lowest BCUT2D eigenvalue weighted by atomic mass is 10.1. The van der Waals surface area contributed by atoms with Gasteiger partial charge in [0.1, 0.15) is 0 Å². The maximum absolute atomic E-state index is 10.7. The quantitative estimate of drug-likeness (QED) is 0.198. The van der Waals surface area contributed by atoms with Crippen LogP contribution in [0.15, 0.2) is 36.4 Å². The summed E-state index contributed by atoms with van der Waals surface area (Å²) in [5.74, 6) is -1.16. The molecule has 12 heteroatoms. The van der Waals surface area contributed by atoms with Crippen LogP contribution in [0.25, 0.3) is 0 Å². The Morgan fingerprint density at radius 3 is 1.57 bits per heavy atom. The van der Waals surface area contributed by atoms with Crippen LogP contribution in [0.4, 0.5) is 11.4 Å². The summed E-state index contributed by atoms with van der Waals surface area (Å²) >= 11 is 9.41. The minimum atomic E-state index is -1.16. The van der Waals surface area contributed by atoms with Gasteiger partial charge in [0.15, 0.2) is 0 Å². The van der Waals surface area contributed by atoms with Crippen LogP contribution in [0, 0.1) is 34.1 Å². The minimum Gasteiger partial charge on any atom is -0.478 e.